The van der Waals surface area contributed by atoms with E-state index in [9.17, 15) is 9.90 Å². The van der Waals surface area contributed by atoms with Gasteiger partial charge in [-0.1, -0.05) is 30.3 Å². The molecule has 2 aliphatic heterocycles. The van der Waals surface area contributed by atoms with Crippen molar-refractivity contribution in [2.75, 3.05) is 18.6 Å². The first-order chi connectivity index (χ1) is 15.5. The third kappa shape index (κ3) is 3.52. The van der Waals surface area contributed by atoms with E-state index in [4.69, 9.17) is 9.73 Å². The fourth-order valence-electron chi connectivity index (χ4n) is 4.41. The first-order valence-corrected chi connectivity index (χ1v) is 10.7. The van der Waals surface area contributed by atoms with Gasteiger partial charge in [0.2, 0.25) is 0 Å². The molecule has 5 rings (SSSR count). The summed E-state index contributed by atoms with van der Waals surface area (Å²) < 4.78 is 5.35. The number of amides is 1. The molecule has 1 atom stereocenters. The van der Waals surface area contributed by atoms with Crippen LogP contribution in [0.5, 0.6) is 5.75 Å². The van der Waals surface area contributed by atoms with Crippen LogP contribution >= 0.6 is 0 Å². The second-order valence-corrected chi connectivity index (χ2v) is 8.17. The van der Waals surface area contributed by atoms with Gasteiger partial charge in [-0.15, -0.1) is 0 Å². The molecule has 0 aromatic heterocycles. The van der Waals surface area contributed by atoms with Crippen LogP contribution in [0.3, 0.4) is 0 Å². The number of aliphatic hydroxyl groups excluding tert-OH is 1. The lowest BCUT2D eigenvalue weighted by Crippen LogP contribution is -2.39. The number of aliphatic hydroxyl groups is 1. The molecule has 3 aromatic carbocycles. The summed E-state index contributed by atoms with van der Waals surface area (Å²) in [5.74, 6) is 1.45. The van der Waals surface area contributed by atoms with Crippen LogP contribution < -0.4 is 9.64 Å². The van der Waals surface area contributed by atoms with Crippen molar-refractivity contribution in [1.82, 2.24) is 4.90 Å². The van der Waals surface area contributed by atoms with Gasteiger partial charge in [0.1, 0.15) is 11.6 Å². The molecule has 0 fully saturated rings. The minimum atomic E-state index is -0.878. The van der Waals surface area contributed by atoms with E-state index in [0.29, 0.717) is 36.8 Å². The van der Waals surface area contributed by atoms with Gasteiger partial charge in [-0.2, -0.15) is 0 Å². The number of ether oxygens (including phenoxy) is 1. The molecule has 1 N–H and O–H groups in total. The number of carbonyl (C=O) groups is 1. The van der Waals surface area contributed by atoms with E-state index in [1.165, 1.54) is 0 Å². The minimum Gasteiger partial charge on any atom is -0.497 e. The molecule has 0 saturated carbocycles. The Morgan fingerprint density at radius 3 is 2.72 bits per heavy atom. The summed E-state index contributed by atoms with van der Waals surface area (Å²) in [4.78, 5) is 21.4. The molecule has 0 radical (unpaired) electrons. The van der Waals surface area contributed by atoms with Gasteiger partial charge < -0.3 is 14.7 Å². The lowest BCUT2D eigenvalue weighted by Gasteiger charge is -2.36. The van der Waals surface area contributed by atoms with Gasteiger partial charge in [0.25, 0.3) is 5.91 Å². The van der Waals surface area contributed by atoms with E-state index in [2.05, 4.69) is 0 Å². The number of hydrogen-bond acceptors (Lipinski definition) is 5. The Labute approximate surface area is 187 Å². The van der Waals surface area contributed by atoms with Gasteiger partial charge >= 0.3 is 0 Å². The molecule has 3 aromatic rings. The number of aryl methyl sites for hydroxylation is 1. The van der Waals surface area contributed by atoms with Crippen LogP contribution in [-0.4, -0.2) is 35.4 Å². The molecule has 2 aliphatic rings. The first kappa shape index (κ1) is 20.3. The molecule has 6 heteroatoms. The highest BCUT2D eigenvalue weighted by Crippen LogP contribution is 2.39. The predicted octanol–water partition coefficient (Wildman–Crippen LogP) is 4.59. The largest absolute Gasteiger partial charge is 0.497 e. The highest BCUT2D eigenvalue weighted by Gasteiger charge is 2.32. The maximum Gasteiger partial charge on any atom is 0.254 e. The van der Waals surface area contributed by atoms with E-state index in [0.717, 1.165) is 27.9 Å². The normalized spacial score (nSPS) is 17.2. The summed E-state index contributed by atoms with van der Waals surface area (Å²) in [7, 11) is 1.61. The second-order valence-electron chi connectivity index (χ2n) is 8.17. The predicted molar refractivity (Wildman–Crippen MR) is 125 cm³/mol. The zero-order valence-electron chi connectivity index (χ0n) is 18.2. The van der Waals surface area contributed by atoms with Crippen molar-refractivity contribution in [3.63, 3.8) is 0 Å². The van der Waals surface area contributed by atoms with Crippen LogP contribution in [0.1, 0.15) is 39.7 Å². The Hall–Kier alpha value is -3.64. The monoisotopic (exact) mass is 427 g/mol. The number of aliphatic imine (C=N–C) groups is 1. The molecule has 32 heavy (non-hydrogen) atoms. The van der Waals surface area contributed by atoms with E-state index in [1.54, 1.807) is 7.11 Å². The van der Waals surface area contributed by atoms with Crippen molar-refractivity contribution < 1.29 is 14.6 Å². The van der Waals surface area contributed by atoms with Gasteiger partial charge in [0.15, 0.2) is 6.23 Å². The number of carbonyl (C=O) groups excluding carboxylic acids is 1. The van der Waals surface area contributed by atoms with Crippen molar-refractivity contribution in [2.24, 2.45) is 4.99 Å². The summed E-state index contributed by atoms with van der Waals surface area (Å²) in [5, 5.41) is 11.3. The highest BCUT2D eigenvalue weighted by molar-refractivity contribution is 6.03. The van der Waals surface area contributed by atoms with E-state index in [1.807, 2.05) is 83.5 Å². The number of fused-ring (bicyclic) bond motifs is 2. The van der Waals surface area contributed by atoms with Gasteiger partial charge in [0, 0.05) is 42.4 Å². The maximum absolute atomic E-state index is 12.8. The molecule has 1 unspecified atom stereocenters. The average molecular weight is 428 g/mol. The van der Waals surface area contributed by atoms with Crippen LogP contribution in [0.15, 0.2) is 71.7 Å². The zero-order valence-corrected chi connectivity index (χ0v) is 18.2. The highest BCUT2D eigenvalue weighted by atomic mass is 16.5. The fraction of sp³-hybridized carbons (Fsp3) is 0.231. The summed E-state index contributed by atoms with van der Waals surface area (Å²) >= 11 is 0. The van der Waals surface area contributed by atoms with Gasteiger partial charge in [0.05, 0.1) is 12.8 Å². The van der Waals surface area contributed by atoms with Crippen LogP contribution in [0.4, 0.5) is 11.4 Å². The molecule has 0 bridgehead atoms. The van der Waals surface area contributed by atoms with Gasteiger partial charge in [-0.05, 0) is 48.4 Å². The van der Waals surface area contributed by atoms with Crippen LogP contribution in [-0.2, 0) is 6.54 Å². The van der Waals surface area contributed by atoms with Crippen molar-refractivity contribution in [3.8, 4) is 5.75 Å². The molecule has 1 amide bonds. The molecular weight excluding hydrogens is 402 g/mol. The molecule has 0 spiro atoms. The summed E-state index contributed by atoms with van der Waals surface area (Å²) in [5.41, 5.74) is 5.19. The molecule has 6 nitrogen and oxygen atoms in total. The van der Waals surface area contributed by atoms with Gasteiger partial charge in [-0.3, -0.25) is 9.69 Å². The van der Waals surface area contributed by atoms with E-state index < -0.39 is 6.23 Å². The molecular formula is C26H25N3O3. The quantitative estimate of drug-likeness (QED) is 0.647. The first-order valence-electron chi connectivity index (χ1n) is 10.7. The van der Waals surface area contributed by atoms with Crippen molar-refractivity contribution in [1.29, 1.82) is 0 Å². The number of benzene rings is 3. The second kappa shape index (κ2) is 8.13. The summed E-state index contributed by atoms with van der Waals surface area (Å²) in [6, 6.07) is 21.2. The molecule has 2 heterocycles. The summed E-state index contributed by atoms with van der Waals surface area (Å²) in [6.45, 7) is 3.13. The number of hydrogen-bond donors (Lipinski definition) is 1. The van der Waals surface area contributed by atoms with Crippen LogP contribution in [0.25, 0.3) is 0 Å². The Morgan fingerprint density at radius 2 is 1.94 bits per heavy atom. The maximum atomic E-state index is 12.8. The lowest BCUT2D eigenvalue weighted by atomic mass is 10.1. The fourth-order valence-corrected chi connectivity index (χ4v) is 4.41. The standard InChI is InChI=1S/C26H25N3O3/c1-17-6-5-8-19(14-17)29-24(27-23-15-20(32-2)10-11-22(23)26(29)31)12-13-28-16-18-7-3-4-9-21(18)25(28)30/h3-11,14-15,26,31H,12-13,16H2,1-2H3. The average Bonchev–Trinajstić information content (AvgIpc) is 3.13. The topological polar surface area (TPSA) is 65.4 Å². The molecule has 0 saturated heterocycles. The Kier molecular flexibility index (Phi) is 5.15. The number of methoxy groups -OCH3 is 1. The van der Waals surface area contributed by atoms with Crippen molar-refractivity contribution >= 4 is 23.1 Å². The molecule has 162 valence electrons. The third-order valence-corrected chi connectivity index (χ3v) is 6.07. The van der Waals surface area contributed by atoms with E-state index >= 15 is 0 Å². The zero-order chi connectivity index (χ0) is 22.2. The van der Waals surface area contributed by atoms with Crippen molar-refractivity contribution in [2.45, 2.75) is 26.1 Å². The van der Waals surface area contributed by atoms with Gasteiger partial charge in [-0.25, -0.2) is 4.99 Å². The Bertz CT molecular complexity index is 1220. The summed E-state index contributed by atoms with van der Waals surface area (Å²) in [6.07, 6.45) is -0.363. The third-order valence-electron chi connectivity index (χ3n) is 6.07. The smallest absolute Gasteiger partial charge is 0.254 e. The SMILES string of the molecule is COc1ccc2c(c1)N=C(CCN1Cc3ccccc3C1=O)N(c1cccc(C)c1)C2O. The van der Waals surface area contributed by atoms with Crippen LogP contribution in [0, 0.1) is 6.92 Å². The minimum absolute atomic E-state index is 0.0433. The Morgan fingerprint density at radius 1 is 1.09 bits per heavy atom. The number of anilines is 1. The number of amidine groups is 1. The molecule has 0 aliphatic carbocycles. The Balaban J connectivity index is 1.48. The van der Waals surface area contributed by atoms with Crippen LogP contribution in [0.2, 0.25) is 0 Å². The van der Waals surface area contributed by atoms with Crippen molar-refractivity contribution in [3.05, 3.63) is 89.0 Å². The number of nitrogens with zero attached hydrogens (tertiary/aromatic N) is 3. The lowest BCUT2D eigenvalue weighted by molar-refractivity contribution is 0.0782. The number of rotatable bonds is 5. The van der Waals surface area contributed by atoms with E-state index in [-0.39, 0.29) is 5.91 Å².